The second-order valence-electron chi connectivity index (χ2n) is 6.43. The van der Waals surface area contributed by atoms with Crippen molar-refractivity contribution in [3.05, 3.63) is 65.4 Å². The standard InChI is InChI=1S/C21H20F3NO4/c1-14-6-8-15(9-7-14)28-11-10-25-20(26)19-17(12-27-13-21(22,23)24)16-4-2-3-5-18(16)29-19/h2-9H,10-13H2,1H3,(H,25,26). The van der Waals surface area contributed by atoms with E-state index < -0.39 is 18.7 Å². The van der Waals surface area contributed by atoms with Crippen LogP contribution in [0.15, 0.2) is 52.9 Å². The minimum absolute atomic E-state index is 0.0660. The second kappa shape index (κ2) is 9.00. The van der Waals surface area contributed by atoms with Gasteiger partial charge in [-0.15, -0.1) is 0 Å². The first-order chi connectivity index (χ1) is 13.8. The number of hydrogen-bond acceptors (Lipinski definition) is 4. The molecular weight excluding hydrogens is 387 g/mol. The molecule has 3 aromatic rings. The maximum absolute atomic E-state index is 12.5. The molecule has 0 aliphatic carbocycles. The molecule has 0 fully saturated rings. The largest absolute Gasteiger partial charge is 0.492 e. The third-order valence-corrected chi connectivity index (χ3v) is 4.09. The number of nitrogens with one attached hydrogen (secondary N) is 1. The Morgan fingerprint density at radius 1 is 1.10 bits per heavy atom. The number of alkyl halides is 3. The number of aryl methyl sites for hydroxylation is 1. The zero-order chi connectivity index (χ0) is 20.9. The highest BCUT2D eigenvalue weighted by molar-refractivity contribution is 5.99. The number of hydrogen-bond donors (Lipinski definition) is 1. The molecule has 1 heterocycles. The number of carbonyl (C=O) groups is 1. The van der Waals surface area contributed by atoms with Crippen molar-refractivity contribution in [2.24, 2.45) is 0 Å². The number of rotatable bonds is 8. The van der Waals surface area contributed by atoms with Crippen LogP contribution in [0.5, 0.6) is 5.75 Å². The van der Waals surface area contributed by atoms with Crippen LogP contribution in [0, 0.1) is 6.92 Å². The van der Waals surface area contributed by atoms with E-state index in [1.54, 1.807) is 24.3 Å². The molecule has 0 aliphatic heterocycles. The van der Waals surface area contributed by atoms with Crippen molar-refractivity contribution in [2.75, 3.05) is 19.8 Å². The molecule has 0 radical (unpaired) electrons. The van der Waals surface area contributed by atoms with Crippen LogP contribution in [0.3, 0.4) is 0 Å². The van der Waals surface area contributed by atoms with E-state index in [9.17, 15) is 18.0 Å². The molecule has 0 saturated carbocycles. The molecule has 8 heteroatoms. The van der Waals surface area contributed by atoms with Crippen molar-refractivity contribution in [1.29, 1.82) is 0 Å². The zero-order valence-corrected chi connectivity index (χ0v) is 15.7. The van der Waals surface area contributed by atoms with Crippen LogP contribution < -0.4 is 10.1 Å². The van der Waals surface area contributed by atoms with E-state index in [1.165, 1.54) is 0 Å². The summed E-state index contributed by atoms with van der Waals surface area (Å²) in [5.41, 5.74) is 1.79. The topological polar surface area (TPSA) is 60.7 Å². The average Bonchev–Trinajstić information content (AvgIpc) is 3.04. The van der Waals surface area contributed by atoms with Gasteiger partial charge in [-0.05, 0) is 25.1 Å². The Hall–Kier alpha value is -3.00. The number of amides is 1. The van der Waals surface area contributed by atoms with Gasteiger partial charge in [0.15, 0.2) is 5.76 Å². The predicted octanol–water partition coefficient (Wildman–Crippen LogP) is 4.63. The van der Waals surface area contributed by atoms with Crippen LogP contribution in [-0.2, 0) is 11.3 Å². The van der Waals surface area contributed by atoms with Crippen LogP contribution in [0.1, 0.15) is 21.7 Å². The van der Waals surface area contributed by atoms with E-state index in [4.69, 9.17) is 13.9 Å². The Labute approximate surface area is 165 Å². The summed E-state index contributed by atoms with van der Waals surface area (Å²) in [5, 5.41) is 3.19. The highest BCUT2D eigenvalue weighted by Crippen LogP contribution is 2.27. The molecule has 0 saturated heterocycles. The Bertz CT molecular complexity index is 964. The van der Waals surface area contributed by atoms with Gasteiger partial charge in [-0.2, -0.15) is 13.2 Å². The quantitative estimate of drug-likeness (QED) is 0.553. The van der Waals surface area contributed by atoms with Gasteiger partial charge < -0.3 is 19.2 Å². The fraction of sp³-hybridized carbons (Fsp3) is 0.286. The SMILES string of the molecule is Cc1ccc(OCCNC(=O)c2oc3ccccc3c2COCC(F)(F)F)cc1. The maximum atomic E-state index is 12.5. The molecular formula is C21H20F3NO4. The van der Waals surface area contributed by atoms with Crippen LogP contribution >= 0.6 is 0 Å². The van der Waals surface area contributed by atoms with Gasteiger partial charge in [0.2, 0.25) is 0 Å². The third-order valence-electron chi connectivity index (χ3n) is 4.09. The molecule has 5 nitrogen and oxygen atoms in total. The molecule has 0 spiro atoms. The van der Waals surface area contributed by atoms with Gasteiger partial charge in [0.25, 0.3) is 5.91 Å². The summed E-state index contributed by atoms with van der Waals surface area (Å²) in [7, 11) is 0. The lowest BCUT2D eigenvalue weighted by Crippen LogP contribution is -2.28. The number of halogens is 3. The molecule has 1 aromatic heterocycles. The number of furan rings is 1. The average molecular weight is 407 g/mol. The van der Waals surface area contributed by atoms with Crippen molar-refractivity contribution < 1.29 is 31.9 Å². The van der Waals surface area contributed by atoms with E-state index in [-0.39, 0.29) is 31.1 Å². The maximum Gasteiger partial charge on any atom is 0.411 e. The van der Waals surface area contributed by atoms with E-state index in [1.807, 2.05) is 31.2 Å². The first-order valence-electron chi connectivity index (χ1n) is 8.96. The Morgan fingerprint density at radius 3 is 2.55 bits per heavy atom. The van der Waals surface area contributed by atoms with Gasteiger partial charge in [0, 0.05) is 10.9 Å². The Morgan fingerprint density at radius 2 is 1.83 bits per heavy atom. The van der Waals surface area contributed by atoms with Crippen LogP contribution in [0.4, 0.5) is 13.2 Å². The van der Waals surface area contributed by atoms with Gasteiger partial charge in [0.1, 0.15) is 24.5 Å². The minimum Gasteiger partial charge on any atom is -0.492 e. The Kier molecular flexibility index (Phi) is 6.43. The smallest absolute Gasteiger partial charge is 0.411 e. The molecule has 0 unspecified atom stereocenters. The van der Waals surface area contributed by atoms with Crippen molar-refractivity contribution in [2.45, 2.75) is 19.7 Å². The minimum atomic E-state index is -4.45. The summed E-state index contributed by atoms with van der Waals surface area (Å²) >= 11 is 0. The van der Waals surface area contributed by atoms with E-state index in [0.717, 1.165) is 5.56 Å². The zero-order valence-electron chi connectivity index (χ0n) is 15.7. The van der Waals surface area contributed by atoms with E-state index in [2.05, 4.69) is 5.32 Å². The fourth-order valence-electron chi connectivity index (χ4n) is 2.74. The molecule has 0 aliphatic rings. The Balaban J connectivity index is 1.63. The van der Waals surface area contributed by atoms with Crippen molar-refractivity contribution in [1.82, 2.24) is 5.32 Å². The number of para-hydroxylation sites is 1. The van der Waals surface area contributed by atoms with Gasteiger partial charge in [0.05, 0.1) is 13.2 Å². The van der Waals surface area contributed by atoms with Gasteiger partial charge in [-0.25, -0.2) is 0 Å². The van der Waals surface area contributed by atoms with Crippen LogP contribution in [0.25, 0.3) is 11.0 Å². The normalized spacial score (nSPS) is 11.6. The lowest BCUT2D eigenvalue weighted by molar-refractivity contribution is -0.176. The summed E-state index contributed by atoms with van der Waals surface area (Å²) in [5.74, 6) is 0.0675. The molecule has 0 bridgehead atoms. The lowest BCUT2D eigenvalue weighted by atomic mass is 10.1. The third kappa shape index (κ3) is 5.74. The lowest BCUT2D eigenvalue weighted by Gasteiger charge is -2.09. The number of ether oxygens (including phenoxy) is 2. The van der Waals surface area contributed by atoms with E-state index in [0.29, 0.717) is 16.7 Å². The predicted molar refractivity (Wildman–Crippen MR) is 101 cm³/mol. The monoisotopic (exact) mass is 407 g/mol. The van der Waals surface area contributed by atoms with Crippen molar-refractivity contribution in [3.63, 3.8) is 0 Å². The van der Waals surface area contributed by atoms with Gasteiger partial charge >= 0.3 is 6.18 Å². The summed E-state index contributed by atoms with van der Waals surface area (Å²) in [6.07, 6.45) is -4.45. The van der Waals surface area contributed by atoms with Crippen LogP contribution in [0.2, 0.25) is 0 Å². The highest BCUT2D eigenvalue weighted by atomic mass is 19.4. The number of fused-ring (bicyclic) bond motifs is 1. The van der Waals surface area contributed by atoms with Gasteiger partial charge in [-0.1, -0.05) is 35.9 Å². The molecule has 2 aromatic carbocycles. The van der Waals surface area contributed by atoms with E-state index >= 15 is 0 Å². The highest BCUT2D eigenvalue weighted by Gasteiger charge is 2.28. The first kappa shape index (κ1) is 20.7. The summed E-state index contributed by atoms with van der Waals surface area (Å²) < 4.78 is 53.0. The van der Waals surface area contributed by atoms with Gasteiger partial charge in [-0.3, -0.25) is 4.79 Å². The summed E-state index contributed by atoms with van der Waals surface area (Å²) in [4.78, 5) is 12.5. The molecule has 1 N–H and O–H groups in total. The molecule has 0 atom stereocenters. The number of carbonyl (C=O) groups excluding carboxylic acids is 1. The first-order valence-corrected chi connectivity index (χ1v) is 8.96. The number of benzene rings is 2. The molecule has 3 rings (SSSR count). The molecule has 29 heavy (non-hydrogen) atoms. The fourth-order valence-corrected chi connectivity index (χ4v) is 2.74. The van der Waals surface area contributed by atoms with Crippen LogP contribution in [-0.4, -0.2) is 31.8 Å². The molecule has 1 amide bonds. The van der Waals surface area contributed by atoms with Crippen molar-refractivity contribution in [3.8, 4) is 5.75 Å². The summed E-state index contributed by atoms with van der Waals surface area (Å²) in [6.45, 7) is 0.603. The summed E-state index contributed by atoms with van der Waals surface area (Å²) in [6, 6.07) is 14.2. The molecule has 154 valence electrons. The van der Waals surface area contributed by atoms with Crippen molar-refractivity contribution >= 4 is 16.9 Å². The second-order valence-corrected chi connectivity index (χ2v) is 6.43.